The molecular formula is C21H20O11. The van der Waals surface area contributed by atoms with Gasteiger partial charge in [0.05, 0.1) is 6.61 Å². The summed E-state index contributed by atoms with van der Waals surface area (Å²) >= 11 is 0. The van der Waals surface area contributed by atoms with Crippen molar-refractivity contribution in [3.8, 4) is 34.3 Å². The number of phenolic OH excluding ortho intramolecular Hbond substituents is 3. The number of ether oxygens (including phenoxy) is 2. The molecule has 11 nitrogen and oxygen atoms in total. The molecule has 1 saturated heterocycles. The fourth-order valence-electron chi connectivity index (χ4n) is 3.43. The highest BCUT2D eigenvalue weighted by atomic mass is 16.7. The van der Waals surface area contributed by atoms with Gasteiger partial charge in [0.2, 0.25) is 17.5 Å². The van der Waals surface area contributed by atoms with Gasteiger partial charge in [-0.3, -0.25) is 4.79 Å². The summed E-state index contributed by atoms with van der Waals surface area (Å²) in [6.45, 7) is -0.712. The van der Waals surface area contributed by atoms with Gasteiger partial charge in [-0.2, -0.15) is 0 Å². The molecular weight excluding hydrogens is 428 g/mol. The van der Waals surface area contributed by atoms with Crippen molar-refractivity contribution >= 4 is 11.0 Å². The van der Waals surface area contributed by atoms with Gasteiger partial charge in [-0.05, 0) is 36.4 Å². The lowest BCUT2D eigenvalue weighted by Gasteiger charge is -2.39. The van der Waals surface area contributed by atoms with Gasteiger partial charge >= 0.3 is 0 Å². The maximum atomic E-state index is 13.2. The number of aromatic hydroxyl groups is 3. The maximum Gasteiger partial charge on any atom is 0.239 e. The average molecular weight is 448 g/mol. The van der Waals surface area contributed by atoms with Crippen molar-refractivity contribution in [2.24, 2.45) is 0 Å². The number of phenols is 3. The topological polar surface area (TPSA) is 190 Å². The first-order valence-corrected chi connectivity index (χ1v) is 9.51. The average Bonchev–Trinajstić information content (AvgIpc) is 2.78. The van der Waals surface area contributed by atoms with Gasteiger partial charge in [0, 0.05) is 5.56 Å². The molecule has 1 aliphatic rings. The number of rotatable bonds is 4. The summed E-state index contributed by atoms with van der Waals surface area (Å²) in [5.74, 6) is -2.11. The molecule has 2 heterocycles. The molecule has 3 aromatic rings. The molecule has 1 fully saturated rings. The predicted octanol–water partition coefficient (Wildman–Crippen LogP) is -0.244. The second-order valence-electron chi connectivity index (χ2n) is 7.26. The molecule has 0 unspecified atom stereocenters. The van der Waals surface area contributed by atoms with Crippen molar-refractivity contribution in [3.63, 3.8) is 0 Å². The van der Waals surface area contributed by atoms with Crippen LogP contribution in [0.1, 0.15) is 0 Å². The third-order valence-corrected chi connectivity index (χ3v) is 5.18. The van der Waals surface area contributed by atoms with Crippen molar-refractivity contribution in [2.45, 2.75) is 30.7 Å². The zero-order valence-electron chi connectivity index (χ0n) is 16.3. The molecule has 7 N–H and O–H groups in total. The molecule has 1 aromatic heterocycles. The number of benzene rings is 2. The van der Waals surface area contributed by atoms with Crippen LogP contribution in [0.3, 0.4) is 0 Å². The van der Waals surface area contributed by atoms with E-state index in [9.17, 15) is 40.5 Å². The molecule has 4 rings (SSSR count). The molecule has 0 aliphatic carbocycles. The summed E-state index contributed by atoms with van der Waals surface area (Å²) in [6.07, 6.45) is -8.21. The molecule has 0 bridgehead atoms. The molecule has 2 aromatic carbocycles. The third kappa shape index (κ3) is 3.61. The van der Waals surface area contributed by atoms with Crippen LogP contribution in [0.25, 0.3) is 22.3 Å². The van der Waals surface area contributed by atoms with E-state index in [-0.39, 0.29) is 22.7 Å². The highest BCUT2D eigenvalue weighted by Gasteiger charge is 2.45. The molecule has 11 heteroatoms. The van der Waals surface area contributed by atoms with Gasteiger partial charge in [-0.25, -0.2) is 0 Å². The lowest BCUT2D eigenvalue weighted by atomic mass is 9.99. The summed E-state index contributed by atoms with van der Waals surface area (Å²) in [7, 11) is 0. The molecule has 0 radical (unpaired) electrons. The SMILES string of the molecule is O=c1c(O[C@@H]2O[C@H](CO)[C@@H](O)[C@H](O)[C@H]2O)c(-c2ccc(O)cc2)oc2ccc(O)c(O)c12. The normalized spacial score (nSPS) is 25.7. The Morgan fingerprint density at radius 2 is 1.59 bits per heavy atom. The number of hydrogen-bond acceptors (Lipinski definition) is 11. The Kier molecular flexibility index (Phi) is 5.67. The van der Waals surface area contributed by atoms with E-state index >= 15 is 0 Å². The lowest BCUT2D eigenvalue weighted by molar-refractivity contribution is -0.277. The Morgan fingerprint density at radius 1 is 0.906 bits per heavy atom. The summed E-state index contributed by atoms with van der Waals surface area (Å²) in [6, 6.07) is 7.86. The van der Waals surface area contributed by atoms with Crippen molar-refractivity contribution in [2.75, 3.05) is 6.61 Å². The first-order chi connectivity index (χ1) is 15.2. The standard InChI is InChI=1S/C21H20O11/c22-7-12-15(26)17(28)18(29)21(31-12)32-20-16(27)13-11(6-5-10(24)14(13)25)30-19(20)8-1-3-9(23)4-2-8/h1-6,12,15,17-18,21-26,28-29H,7H2/t12-,15-,17+,18-,21+/m1/s1. The Morgan fingerprint density at radius 3 is 2.25 bits per heavy atom. The minimum absolute atomic E-state index is 0.0594. The molecule has 32 heavy (non-hydrogen) atoms. The van der Waals surface area contributed by atoms with Gasteiger partial charge in [-0.1, -0.05) is 0 Å². The Balaban J connectivity index is 1.89. The molecule has 0 saturated carbocycles. The minimum Gasteiger partial charge on any atom is -0.508 e. The summed E-state index contributed by atoms with van der Waals surface area (Å²) in [5.41, 5.74) is -0.747. The quantitative estimate of drug-likeness (QED) is 0.261. The van der Waals surface area contributed by atoms with E-state index in [1.54, 1.807) is 0 Å². The van der Waals surface area contributed by atoms with E-state index in [1.165, 1.54) is 30.3 Å². The second kappa shape index (κ2) is 8.30. The fourth-order valence-corrected chi connectivity index (χ4v) is 3.43. The monoisotopic (exact) mass is 448 g/mol. The summed E-state index contributed by atoms with van der Waals surface area (Å²) in [5, 5.41) is 68.7. The molecule has 0 spiro atoms. The van der Waals surface area contributed by atoms with Crippen LogP contribution in [0, 0.1) is 0 Å². The summed E-state index contributed by atoms with van der Waals surface area (Å²) < 4.78 is 16.6. The lowest BCUT2D eigenvalue weighted by Crippen LogP contribution is -2.60. The molecule has 170 valence electrons. The van der Waals surface area contributed by atoms with E-state index in [0.717, 1.165) is 6.07 Å². The smallest absolute Gasteiger partial charge is 0.239 e. The second-order valence-corrected chi connectivity index (χ2v) is 7.26. The number of hydrogen-bond donors (Lipinski definition) is 7. The van der Waals surface area contributed by atoms with Crippen molar-refractivity contribution in [3.05, 3.63) is 46.6 Å². The highest BCUT2D eigenvalue weighted by molar-refractivity contribution is 5.89. The van der Waals surface area contributed by atoms with Crippen molar-refractivity contribution in [1.82, 2.24) is 0 Å². The van der Waals surface area contributed by atoms with E-state index in [2.05, 4.69) is 0 Å². The van der Waals surface area contributed by atoms with Crippen LogP contribution in [-0.2, 0) is 4.74 Å². The zero-order chi connectivity index (χ0) is 23.2. The fraction of sp³-hybridized carbons (Fsp3) is 0.286. The highest BCUT2D eigenvalue weighted by Crippen LogP contribution is 2.38. The van der Waals surface area contributed by atoms with Gasteiger partial charge in [0.25, 0.3) is 0 Å². The molecule has 5 atom stereocenters. The van der Waals surface area contributed by atoms with E-state index in [1.807, 2.05) is 0 Å². The van der Waals surface area contributed by atoms with Gasteiger partial charge in [-0.15, -0.1) is 0 Å². The van der Waals surface area contributed by atoms with Crippen LogP contribution in [-0.4, -0.2) is 73.1 Å². The van der Waals surface area contributed by atoms with Crippen LogP contribution >= 0.6 is 0 Å². The minimum atomic E-state index is -1.81. The Labute approximate surface area is 179 Å². The first-order valence-electron chi connectivity index (χ1n) is 9.51. The van der Waals surface area contributed by atoms with Crippen LogP contribution in [0.4, 0.5) is 0 Å². The zero-order valence-corrected chi connectivity index (χ0v) is 16.3. The van der Waals surface area contributed by atoms with E-state index < -0.39 is 65.4 Å². The first kappa shape index (κ1) is 21.9. The van der Waals surface area contributed by atoms with Crippen LogP contribution < -0.4 is 10.2 Å². The van der Waals surface area contributed by atoms with E-state index in [0.29, 0.717) is 0 Å². The maximum absolute atomic E-state index is 13.2. The van der Waals surface area contributed by atoms with Crippen molar-refractivity contribution in [1.29, 1.82) is 0 Å². The Hall–Kier alpha value is -3.35. The predicted molar refractivity (Wildman–Crippen MR) is 107 cm³/mol. The van der Waals surface area contributed by atoms with Crippen LogP contribution in [0.15, 0.2) is 45.6 Å². The summed E-state index contributed by atoms with van der Waals surface area (Å²) in [4.78, 5) is 13.2. The third-order valence-electron chi connectivity index (χ3n) is 5.18. The van der Waals surface area contributed by atoms with Gasteiger partial charge in [0.1, 0.15) is 41.1 Å². The molecule has 1 aliphatic heterocycles. The van der Waals surface area contributed by atoms with Gasteiger partial charge in [0.15, 0.2) is 17.3 Å². The van der Waals surface area contributed by atoms with E-state index in [4.69, 9.17) is 13.9 Å². The number of fused-ring (bicyclic) bond motifs is 1. The molecule has 0 amide bonds. The van der Waals surface area contributed by atoms with Crippen molar-refractivity contribution < 1.29 is 49.6 Å². The largest absolute Gasteiger partial charge is 0.508 e. The Bertz CT molecular complexity index is 1190. The van der Waals surface area contributed by atoms with Gasteiger partial charge < -0.3 is 49.6 Å². The number of aliphatic hydroxyl groups is 4. The van der Waals surface area contributed by atoms with Crippen LogP contribution in [0.5, 0.6) is 23.0 Å². The number of aliphatic hydroxyl groups excluding tert-OH is 4. The van der Waals surface area contributed by atoms with Crippen LogP contribution in [0.2, 0.25) is 0 Å².